The molecule has 0 fully saturated rings. The average Bonchev–Trinajstić information content (AvgIpc) is 2.91. The summed E-state index contributed by atoms with van der Waals surface area (Å²) in [5.41, 5.74) is 2.16. The van der Waals surface area contributed by atoms with E-state index in [4.69, 9.17) is 0 Å². The molecule has 1 aromatic heterocycles. The Hall–Kier alpha value is -2.21. The maximum Gasteiger partial charge on any atom is 0.254 e. The quantitative estimate of drug-likeness (QED) is 0.893. The number of nitrogens with zero attached hydrogens (tertiary/aromatic N) is 2. The van der Waals surface area contributed by atoms with Gasteiger partial charge in [0.2, 0.25) is 5.91 Å². The van der Waals surface area contributed by atoms with Gasteiger partial charge in [-0.1, -0.05) is 13.0 Å². The van der Waals surface area contributed by atoms with Crippen LogP contribution in [0.2, 0.25) is 0 Å². The van der Waals surface area contributed by atoms with E-state index in [1.54, 1.807) is 54.5 Å². The van der Waals surface area contributed by atoms with E-state index in [1.807, 2.05) is 20.8 Å². The lowest BCUT2D eigenvalue weighted by molar-refractivity contribution is -0.115. The predicted octanol–water partition coefficient (Wildman–Crippen LogP) is 3.94. The van der Waals surface area contributed by atoms with Crippen LogP contribution < -0.4 is 5.32 Å². The number of benzene rings is 1. The Morgan fingerprint density at radius 3 is 2.62 bits per heavy atom. The molecule has 0 radical (unpaired) electrons. The van der Waals surface area contributed by atoms with Crippen LogP contribution in [0.3, 0.4) is 0 Å². The number of rotatable bonds is 5. The third-order valence-electron chi connectivity index (χ3n) is 3.93. The summed E-state index contributed by atoms with van der Waals surface area (Å²) in [4.78, 5) is 31.5. The fourth-order valence-corrected chi connectivity index (χ4v) is 3.49. The van der Waals surface area contributed by atoms with E-state index in [0.717, 1.165) is 15.6 Å². The molecule has 24 heavy (non-hydrogen) atoms. The summed E-state index contributed by atoms with van der Waals surface area (Å²) in [6.45, 7) is 7.73. The number of aromatic nitrogens is 1. The predicted molar refractivity (Wildman–Crippen MR) is 97.5 cm³/mol. The Labute approximate surface area is 146 Å². The molecule has 1 N–H and O–H groups in total. The summed E-state index contributed by atoms with van der Waals surface area (Å²) in [6.07, 6.45) is 0.402. The molecule has 2 aromatic rings. The Morgan fingerprint density at radius 2 is 2.04 bits per heavy atom. The monoisotopic (exact) mass is 345 g/mol. The second-order valence-corrected chi connectivity index (χ2v) is 6.99. The normalized spacial score (nSPS) is 11.9. The molecule has 0 saturated heterocycles. The van der Waals surface area contributed by atoms with Gasteiger partial charge < -0.3 is 10.2 Å². The number of aryl methyl sites for hydroxylation is 2. The van der Waals surface area contributed by atoms with E-state index in [-0.39, 0.29) is 17.9 Å². The van der Waals surface area contributed by atoms with Gasteiger partial charge in [-0.3, -0.25) is 9.59 Å². The Morgan fingerprint density at radius 1 is 1.33 bits per heavy atom. The molecule has 0 spiro atoms. The third kappa shape index (κ3) is 4.00. The molecule has 2 rings (SSSR count). The summed E-state index contributed by atoms with van der Waals surface area (Å²) >= 11 is 1.62. The number of carbonyl (C=O) groups is 2. The Bertz CT molecular complexity index is 754. The van der Waals surface area contributed by atoms with Gasteiger partial charge in [-0.25, -0.2) is 4.98 Å². The molecule has 0 bridgehead atoms. The standard InChI is InChI=1S/C18H23N3O2S/c1-6-16(22)20-15-9-7-8-14(10-15)18(23)21(5)12(3)17-11(2)19-13(4)24-17/h7-10,12H,6H2,1-5H3,(H,20,22). The van der Waals surface area contributed by atoms with E-state index < -0.39 is 0 Å². The van der Waals surface area contributed by atoms with Crippen LogP contribution in [0.1, 0.15) is 52.2 Å². The van der Waals surface area contributed by atoms with Gasteiger partial charge in [0.25, 0.3) is 5.91 Å². The van der Waals surface area contributed by atoms with Crippen LogP contribution in [0.25, 0.3) is 0 Å². The first-order valence-corrected chi connectivity index (χ1v) is 8.76. The first-order valence-electron chi connectivity index (χ1n) is 7.94. The Kier molecular flexibility index (Phi) is 5.72. The highest BCUT2D eigenvalue weighted by atomic mass is 32.1. The molecule has 0 aliphatic heterocycles. The second kappa shape index (κ2) is 7.57. The van der Waals surface area contributed by atoms with Crippen LogP contribution >= 0.6 is 11.3 Å². The molecule has 0 saturated carbocycles. The molecular formula is C18H23N3O2S. The summed E-state index contributed by atoms with van der Waals surface area (Å²) in [5.74, 6) is -0.155. The SMILES string of the molecule is CCC(=O)Nc1cccc(C(=O)N(C)C(C)c2sc(C)nc2C)c1. The fraction of sp³-hybridized carbons (Fsp3) is 0.389. The molecule has 1 aromatic carbocycles. The van der Waals surface area contributed by atoms with Crippen molar-refractivity contribution in [3.05, 3.63) is 45.4 Å². The van der Waals surface area contributed by atoms with E-state index in [1.165, 1.54) is 0 Å². The van der Waals surface area contributed by atoms with Gasteiger partial charge in [0.1, 0.15) is 0 Å². The van der Waals surface area contributed by atoms with E-state index in [2.05, 4.69) is 10.3 Å². The van der Waals surface area contributed by atoms with E-state index in [0.29, 0.717) is 17.7 Å². The summed E-state index contributed by atoms with van der Waals surface area (Å²) in [6, 6.07) is 6.98. The number of carbonyl (C=O) groups excluding carboxylic acids is 2. The number of amides is 2. The van der Waals surface area contributed by atoms with Gasteiger partial charge >= 0.3 is 0 Å². The number of nitrogens with one attached hydrogen (secondary N) is 1. The van der Waals surface area contributed by atoms with Crippen LogP contribution in [0.15, 0.2) is 24.3 Å². The largest absolute Gasteiger partial charge is 0.334 e. The van der Waals surface area contributed by atoms with Crippen molar-refractivity contribution in [2.45, 2.75) is 40.2 Å². The van der Waals surface area contributed by atoms with Gasteiger partial charge in [-0.05, 0) is 39.0 Å². The van der Waals surface area contributed by atoms with Gasteiger partial charge in [-0.15, -0.1) is 11.3 Å². The van der Waals surface area contributed by atoms with Crippen molar-refractivity contribution in [1.29, 1.82) is 0 Å². The molecule has 0 aliphatic rings. The van der Waals surface area contributed by atoms with Crippen LogP contribution in [0.5, 0.6) is 0 Å². The summed E-state index contributed by atoms with van der Waals surface area (Å²) < 4.78 is 0. The molecule has 0 aliphatic carbocycles. The third-order valence-corrected chi connectivity index (χ3v) is 5.18. The van der Waals surface area contributed by atoms with Gasteiger partial charge in [0.05, 0.1) is 16.7 Å². The number of hydrogen-bond donors (Lipinski definition) is 1. The minimum Gasteiger partial charge on any atom is -0.334 e. The fourth-order valence-electron chi connectivity index (χ4n) is 2.47. The van der Waals surface area contributed by atoms with Crippen LogP contribution in [0, 0.1) is 13.8 Å². The average molecular weight is 345 g/mol. The van der Waals surface area contributed by atoms with Gasteiger partial charge in [-0.2, -0.15) is 0 Å². The minimum absolute atomic E-state index is 0.0578. The number of anilines is 1. The topological polar surface area (TPSA) is 62.3 Å². The molecule has 128 valence electrons. The lowest BCUT2D eigenvalue weighted by Crippen LogP contribution is -2.29. The van der Waals surface area contributed by atoms with Crippen molar-refractivity contribution in [2.24, 2.45) is 0 Å². The molecular weight excluding hydrogens is 322 g/mol. The highest BCUT2D eigenvalue weighted by Gasteiger charge is 2.22. The minimum atomic E-state index is -0.0828. The van der Waals surface area contributed by atoms with Crippen molar-refractivity contribution in [2.75, 3.05) is 12.4 Å². The molecule has 1 atom stereocenters. The maximum absolute atomic E-state index is 12.8. The highest BCUT2D eigenvalue weighted by molar-refractivity contribution is 7.11. The van der Waals surface area contributed by atoms with Crippen molar-refractivity contribution >= 4 is 28.8 Å². The zero-order valence-corrected chi connectivity index (χ0v) is 15.5. The van der Waals surface area contributed by atoms with Crippen LogP contribution in [0.4, 0.5) is 5.69 Å². The summed E-state index contributed by atoms with van der Waals surface area (Å²) in [7, 11) is 1.79. The molecule has 1 heterocycles. The number of hydrogen-bond acceptors (Lipinski definition) is 4. The van der Waals surface area contributed by atoms with Crippen LogP contribution in [-0.2, 0) is 4.79 Å². The molecule has 1 unspecified atom stereocenters. The maximum atomic E-state index is 12.8. The van der Waals surface area contributed by atoms with E-state index >= 15 is 0 Å². The Balaban J connectivity index is 2.20. The summed E-state index contributed by atoms with van der Waals surface area (Å²) in [5, 5.41) is 3.78. The van der Waals surface area contributed by atoms with Gasteiger partial charge in [0.15, 0.2) is 0 Å². The van der Waals surface area contributed by atoms with Crippen molar-refractivity contribution in [3.8, 4) is 0 Å². The molecule has 5 nitrogen and oxygen atoms in total. The zero-order chi connectivity index (χ0) is 17.9. The van der Waals surface area contributed by atoms with Crippen LogP contribution in [-0.4, -0.2) is 28.7 Å². The molecule has 2 amide bonds. The smallest absolute Gasteiger partial charge is 0.254 e. The zero-order valence-electron chi connectivity index (χ0n) is 14.7. The first kappa shape index (κ1) is 18.1. The second-order valence-electron chi connectivity index (χ2n) is 5.76. The lowest BCUT2D eigenvalue weighted by Gasteiger charge is -2.24. The number of thiazole rings is 1. The highest BCUT2D eigenvalue weighted by Crippen LogP contribution is 2.29. The first-order chi connectivity index (χ1) is 11.3. The van der Waals surface area contributed by atoms with Gasteiger partial charge in [0, 0.05) is 29.6 Å². The van der Waals surface area contributed by atoms with Crippen molar-refractivity contribution < 1.29 is 9.59 Å². The van der Waals surface area contributed by atoms with Crippen molar-refractivity contribution in [3.63, 3.8) is 0 Å². The molecule has 6 heteroatoms. The van der Waals surface area contributed by atoms with E-state index in [9.17, 15) is 9.59 Å². The lowest BCUT2D eigenvalue weighted by atomic mass is 10.1. The van der Waals surface area contributed by atoms with Crippen molar-refractivity contribution in [1.82, 2.24) is 9.88 Å².